The number of benzene rings is 2. The molecule has 0 unspecified atom stereocenters. The van der Waals surface area contributed by atoms with Gasteiger partial charge in [-0.1, -0.05) is 18.2 Å². The van der Waals surface area contributed by atoms with E-state index in [4.69, 9.17) is 4.74 Å². The summed E-state index contributed by atoms with van der Waals surface area (Å²) in [5.41, 5.74) is 2.08. The van der Waals surface area contributed by atoms with Gasteiger partial charge in [0.25, 0.3) is 5.91 Å². The Bertz CT molecular complexity index is 1170. The van der Waals surface area contributed by atoms with Crippen LogP contribution in [-0.4, -0.2) is 27.4 Å². The fourth-order valence-corrected chi connectivity index (χ4v) is 3.14. The van der Waals surface area contributed by atoms with Gasteiger partial charge in [0.15, 0.2) is 5.82 Å². The van der Waals surface area contributed by atoms with E-state index in [2.05, 4.69) is 10.4 Å². The molecular formula is C22H19FN4O2. The van der Waals surface area contributed by atoms with E-state index in [0.29, 0.717) is 22.8 Å². The summed E-state index contributed by atoms with van der Waals surface area (Å²) >= 11 is 0. The molecule has 4 rings (SSSR count). The van der Waals surface area contributed by atoms with Crippen LogP contribution in [0.4, 0.5) is 10.1 Å². The standard InChI is InChI=1S/C22H19FN4O2/c1-15-9-10-20(29-2)18(13-15)25-21(28)16-14-24-27(19-8-4-3-7-17(19)23)22(16)26-11-5-6-12-26/h3-14H,1-2H3,(H,25,28). The number of rotatable bonds is 5. The maximum atomic E-state index is 14.4. The first-order chi connectivity index (χ1) is 14.1. The van der Waals surface area contributed by atoms with Crippen molar-refractivity contribution in [2.24, 2.45) is 0 Å². The highest BCUT2D eigenvalue weighted by atomic mass is 19.1. The van der Waals surface area contributed by atoms with E-state index in [0.717, 1.165) is 5.56 Å². The number of carbonyl (C=O) groups is 1. The predicted octanol–water partition coefficient (Wildman–Crippen LogP) is 4.37. The van der Waals surface area contributed by atoms with Gasteiger partial charge in [-0.15, -0.1) is 0 Å². The number of nitrogens with one attached hydrogen (secondary N) is 1. The molecule has 0 fully saturated rings. The van der Waals surface area contributed by atoms with Crippen molar-refractivity contribution in [3.63, 3.8) is 0 Å². The summed E-state index contributed by atoms with van der Waals surface area (Å²) < 4.78 is 22.9. The summed E-state index contributed by atoms with van der Waals surface area (Å²) in [6.45, 7) is 1.93. The van der Waals surface area contributed by atoms with Crippen LogP contribution in [0.25, 0.3) is 11.5 Å². The smallest absolute Gasteiger partial charge is 0.261 e. The van der Waals surface area contributed by atoms with Gasteiger partial charge in [-0.2, -0.15) is 5.10 Å². The van der Waals surface area contributed by atoms with Crippen molar-refractivity contribution in [3.05, 3.63) is 90.1 Å². The zero-order valence-corrected chi connectivity index (χ0v) is 16.0. The molecule has 29 heavy (non-hydrogen) atoms. The first-order valence-corrected chi connectivity index (χ1v) is 9.00. The number of halogens is 1. The maximum absolute atomic E-state index is 14.4. The number of carbonyl (C=O) groups excluding carboxylic acids is 1. The molecule has 2 heterocycles. The number of amides is 1. The van der Waals surface area contributed by atoms with Crippen LogP contribution >= 0.6 is 0 Å². The second-order valence-corrected chi connectivity index (χ2v) is 6.49. The van der Waals surface area contributed by atoms with Crippen LogP contribution in [0.3, 0.4) is 0 Å². The second-order valence-electron chi connectivity index (χ2n) is 6.49. The number of ether oxygens (including phenoxy) is 1. The van der Waals surface area contributed by atoms with E-state index in [1.54, 1.807) is 48.3 Å². The van der Waals surface area contributed by atoms with Gasteiger partial charge in [0.05, 0.1) is 19.0 Å². The average molecular weight is 390 g/mol. The molecule has 0 aliphatic heterocycles. The zero-order valence-electron chi connectivity index (χ0n) is 16.0. The topological polar surface area (TPSA) is 61.1 Å². The van der Waals surface area contributed by atoms with E-state index < -0.39 is 5.82 Å². The van der Waals surface area contributed by atoms with Crippen LogP contribution in [0.15, 0.2) is 73.2 Å². The van der Waals surface area contributed by atoms with E-state index >= 15 is 0 Å². The second kappa shape index (κ2) is 7.63. The summed E-state index contributed by atoms with van der Waals surface area (Å²) in [5, 5.41) is 7.17. The molecule has 2 aromatic carbocycles. The van der Waals surface area contributed by atoms with E-state index in [1.165, 1.54) is 16.9 Å². The third-order valence-corrected chi connectivity index (χ3v) is 4.52. The zero-order chi connectivity index (χ0) is 20.4. The summed E-state index contributed by atoms with van der Waals surface area (Å²) in [5.74, 6) is 0.175. The quantitative estimate of drug-likeness (QED) is 0.550. The van der Waals surface area contributed by atoms with Crippen molar-refractivity contribution in [3.8, 4) is 17.3 Å². The van der Waals surface area contributed by atoms with Crippen LogP contribution in [0.2, 0.25) is 0 Å². The number of nitrogens with zero attached hydrogens (tertiary/aromatic N) is 3. The largest absolute Gasteiger partial charge is 0.495 e. The minimum Gasteiger partial charge on any atom is -0.495 e. The van der Waals surface area contributed by atoms with Crippen LogP contribution in [0, 0.1) is 12.7 Å². The van der Waals surface area contributed by atoms with Crippen LogP contribution < -0.4 is 10.1 Å². The normalized spacial score (nSPS) is 10.7. The van der Waals surface area contributed by atoms with Crippen LogP contribution in [-0.2, 0) is 0 Å². The first-order valence-electron chi connectivity index (χ1n) is 9.00. The highest BCUT2D eigenvalue weighted by molar-refractivity contribution is 6.07. The van der Waals surface area contributed by atoms with E-state index in [9.17, 15) is 9.18 Å². The van der Waals surface area contributed by atoms with Gasteiger partial charge in [0.2, 0.25) is 0 Å². The molecule has 1 amide bonds. The number of anilines is 1. The third kappa shape index (κ3) is 3.50. The minimum absolute atomic E-state index is 0.253. The van der Waals surface area contributed by atoms with Crippen molar-refractivity contribution in [1.82, 2.24) is 14.3 Å². The van der Waals surface area contributed by atoms with Gasteiger partial charge in [0.1, 0.15) is 22.8 Å². The number of aryl methyl sites for hydroxylation is 1. The summed E-state index contributed by atoms with van der Waals surface area (Å²) in [6, 6.07) is 15.5. The molecule has 0 saturated heterocycles. The molecule has 0 bridgehead atoms. The Hall–Kier alpha value is -3.87. The summed E-state index contributed by atoms with van der Waals surface area (Å²) in [7, 11) is 1.54. The number of hydrogen-bond donors (Lipinski definition) is 1. The summed E-state index contributed by atoms with van der Waals surface area (Å²) in [6.07, 6.45) is 4.98. The molecular weight excluding hydrogens is 371 g/mol. The van der Waals surface area contributed by atoms with Crippen molar-refractivity contribution >= 4 is 11.6 Å². The van der Waals surface area contributed by atoms with Gasteiger partial charge >= 0.3 is 0 Å². The lowest BCUT2D eigenvalue weighted by Gasteiger charge is -2.13. The van der Waals surface area contributed by atoms with Crippen molar-refractivity contribution in [2.45, 2.75) is 6.92 Å². The summed E-state index contributed by atoms with van der Waals surface area (Å²) in [4.78, 5) is 13.1. The Morgan fingerprint density at radius 1 is 1.10 bits per heavy atom. The van der Waals surface area contributed by atoms with Gasteiger partial charge in [-0.3, -0.25) is 4.79 Å². The molecule has 2 aromatic heterocycles. The van der Waals surface area contributed by atoms with Crippen molar-refractivity contribution in [1.29, 1.82) is 0 Å². The van der Waals surface area contributed by atoms with Crippen LogP contribution in [0.5, 0.6) is 5.75 Å². The monoisotopic (exact) mass is 390 g/mol. The maximum Gasteiger partial charge on any atom is 0.261 e. The van der Waals surface area contributed by atoms with Gasteiger partial charge in [0, 0.05) is 12.4 Å². The lowest BCUT2D eigenvalue weighted by molar-refractivity contribution is 0.102. The molecule has 4 aromatic rings. The molecule has 0 atom stereocenters. The Kier molecular flexibility index (Phi) is 4.87. The van der Waals surface area contributed by atoms with Crippen molar-refractivity contribution < 1.29 is 13.9 Å². The fraction of sp³-hybridized carbons (Fsp3) is 0.0909. The number of methoxy groups -OCH3 is 1. The molecule has 1 N–H and O–H groups in total. The van der Waals surface area contributed by atoms with Gasteiger partial charge in [-0.05, 0) is 48.9 Å². The predicted molar refractivity (Wildman–Crippen MR) is 109 cm³/mol. The molecule has 7 heteroatoms. The first kappa shape index (κ1) is 18.5. The SMILES string of the molecule is COc1ccc(C)cc1NC(=O)c1cnn(-c2ccccc2F)c1-n1cccc1. The van der Waals surface area contributed by atoms with Gasteiger partial charge < -0.3 is 14.6 Å². The third-order valence-electron chi connectivity index (χ3n) is 4.52. The molecule has 0 radical (unpaired) electrons. The Morgan fingerprint density at radius 3 is 2.59 bits per heavy atom. The molecule has 146 valence electrons. The number of para-hydroxylation sites is 1. The van der Waals surface area contributed by atoms with Crippen molar-refractivity contribution in [2.75, 3.05) is 12.4 Å². The number of aromatic nitrogens is 3. The average Bonchev–Trinajstić information content (AvgIpc) is 3.38. The lowest BCUT2D eigenvalue weighted by Crippen LogP contribution is -2.16. The molecule has 0 saturated carbocycles. The minimum atomic E-state index is -0.434. The Labute approximate surface area is 167 Å². The Morgan fingerprint density at radius 2 is 1.86 bits per heavy atom. The molecule has 0 aliphatic carbocycles. The number of hydrogen-bond acceptors (Lipinski definition) is 3. The molecule has 0 spiro atoms. The Balaban J connectivity index is 1.80. The fourth-order valence-electron chi connectivity index (χ4n) is 3.14. The lowest BCUT2D eigenvalue weighted by atomic mass is 10.2. The molecule has 6 nitrogen and oxygen atoms in total. The highest BCUT2D eigenvalue weighted by Crippen LogP contribution is 2.27. The van der Waals surface area contributed by atoms with E-state index in [-0.39, 0.29) is 11.6 Å². The highest BCUT2D eigenvalue weighted by Gasteiger charge is 2.22. The van der Waals surface area contributed by atoms with Crippen LogP contribution in [0.1, 0.15) is 15.9 Å². The van der Waals surface area contributed by atoms with E-state index in [1.807, 2.05) is 31.2 Å². The van der Waals surface area contributed by atoms with Gasteiger partial charge in [-0.25, -0.2) is 9.07 Å². The molecule has 0 aliphatic rings.